The van der Waals surface area contributed by atoms with Gasteiger partial charge in [-0.05, 0) is 43.4 Å². The summed E-state index contributed by atoms with van der Waals surface area (Å²) >= 11 is 3.51. The predicted octanol–water partition coefficient (Wildman–Crippen LogP) is 3.37. The van der Waals surface area contributed by atoms with Crippen LogP contribution in [0.5, 0.6) is 0 Å². The second-order valence-electron chi connectivity index (χ2n) is 5.32. The first kappa shape index (κ1) is 14.8. The lowest BCUT2D eigenvalue weighted by molar-refractivity contribution is 0.131. The molecule has 0 bridgehead atoms. The monoisotopic (exact) mass is 327 g/mol. The van der Waals surface area contributed by atoms with E-state index < -0.39 is 6.10 Å². The number of anilines is 1. The summed E-state index contributed by atoms with van der Waals surface area (Å²) in [5.41, 5.74) is 2.05. The van der Waals surface area contributed by atoms with Crippen molar-refractivity contribution in [3.63, 3.8) is 0 Å². The maximum atomic E-state index is 9.60. The molecule has 0 amide bonds. The van der Waals surface area contributed by atoms with Crippen molar-refractivity contribution in [2.24, 2.45) is 5.92 Å². The maximum Gasteiger partial charge on any atom is 0.0772 e. The minimum Gasteiger partial charge on any atom is -0.389 e. The zero-order valence-electron chi connectivity index (χ0n) is 11.6. The van der Waals surface area contributed by atoms with Gasteiger partial charge >= 0.3 is 0 Å². The Kier molecular flexibility index (Phi) is 5.25. The van der Waals surface area contributed by atoms with Gasteiger partial charge in [0, 0.05) is 30.4 Å². The fourth-order valence-corrected chi connectivity index (χ4v) is 2.66. The normalized spacial score (nSPS) is 16.4. The first-order chi connectivity index (χ1) is 9.08. The third kappa shape index (κ3) is 4.48. The lowest BCUT2D eigenvalue weighted by Gasteiger charge is -2.20. The second-order valence-corrected chi connectivity index (χ2v) is 6.18. The van der Waals surface area contributed by atoms with Crippen LogP contribution < -0.4 is 4.90 Å². The molecular formula is C15H22BrNO2. The van der Waals surface area contributed by atoms with Crippen LogP contribution in [0.3, 0.4) is 0 Å². The van der Waals surface area contributed by atoms with E-state index >= 15 is 0 Å². The molecule has 0 radical (unpaired) electrons. The molecule has 4 heteroatoms. The summed E-state index contributed by atoms with van der Waals surface area (Å²) < 4.78 is 6.60. The van der Waals surface area contributed by atoms with E-state index in [1.54, 1.807) is 6.92 Å². The Morgan fingerprint density at radius 3 is 2.79 bits per heavy atom. The van der Waals surface area contributed by atoms with Crippen molar-refractivity contribution in [1.82, 2.24) is 0 Å². The molecule has 1 fully saturated rings. The Balaban J connectivity index is 1.83. The van der Waals surface area contributed by atoms with Gasteiger partial charge < -0.3 is 14.7 Å². The lowest BCUT2D eigenvalue weighted by Crippen LogP contribution is -2.23. The highest BCUT2D eigenvalue weighted by Crippen LogP contribution is 2.29. The average molecular weight is 328 g/mol. The molecule has 2 rings (SSSR count). The number of hydrogen-bond donors (Lipinski definition) is 1. The van der Waals surface area contributed by atoms with Crippen molar-refractivity contribution < 1.29 is 9.84 Å². The Morgan fingerprint density at radius 2 is 2.21 bits per heavy atom. The third-order valence-electron chi connectivity index (χ3n) is 3.50. The molecule has 1 atom stereocenters. The van der Waals surface area contributed by atoms with Gasteiger partial charge in [-0.15, -0.1) is 0 Å². The maximum absolute atomic E-state index is 9.60. The zero-order chi connectivity index (χ0) is 13.8. The summed E-state index contributed by atoms with van der Waals surface area (Å²) in [4.78, 5) is 2.17. The number of benzene rings is 1. The second kappa shape index (κ2) is 6.73. The molecule has 19 heavy (non-hydrogen) atoms. The molecule has 3 nitrogen and oxygen atoms in total. The largest absolute Gasteiger partial charge is 0.389 e. The molecule has 0 aliphatic heterocycles. The molecule has 1 aromatic rings. The molecule has 1 aromatic carbocycles. The highest BCUT2D eigenvalue weighted by atomic mass is 79.9. The summed E-state index contributed by atoms with van der Waals surface area (Å²) in [5.74, 6) is 0.824. The summed E-state index contributed by atoms with van der Waals surface area (Å²) in [6, 6.07) is 6.04. The van der Waals surface area contributed by atoms with Gasteiger partial charge in [-0.2, -0.15) is 0 Å². The van der Waals surface area contributed by atoms with Gasteiger partial charge in [0.05, 0.1) is 12.7 Å². The van der Waals surface area contributed by atoms with Crippen molar-refractivity contribution in [3.8, 4) is 0 Å². The van der Waals surface area contributed by atoms with Crippen molar-refractivity contribution in [2.75, 3.05) is 31.7 Å². The van der Waals surface area contributed by atoms with Crippen molar-refractivity contribution in [2.45, 2.75) is 25.9 Å². The molecule has 0 spiro atoms. The minimum atomic E-state index is -0.449. The van der Waals surface area contributed by atoms with Gasteiger partial charge in [0.25, 0.3) is 0 Å². The third-order valence-corrected chi connectivity index (χ3v) is 4.18. The van der Waals surface area contributed by atoms with Crippen LogP contribution in [0.4, 0.5) is 5.69 Å². The summed E-state index contributed by atoms with van der Waals surface area (Å²) in [7, 11) is 2.06. The van der Waals surface area contributed by atoms with Gasteiger partial charge in [-0.25, -0.2) is 0 Å². The van der Waals surface area contributed by atoms with Gasteiger partial charge in [-0.3, -0.25) is 0 Å². The molecule has 1 N–H and O–H groups in total. The SMILES string of the molecule is C[C@H](O)c1ccc(N(C)CCOCC2CC2)cc1Br. The number of aliphatic hydroxyl groups excluding tert-OH is 1. The topological polar surface area (TPSA) is 32.7 Å². The van der Waals surface area contributed by atoms with E-state index in [1.165, 1.54) is 12.8 Å². The first-order valence-corrected chi connectivity index (χ1v) is 7.63. The van der Waals surface area contributed by atoms with Gasteiger partial charge in [0.2, 0.25) is 0 Å². The van der Waals surface area contributed by atoms with E-state index in [9.17, 15) is 5.11 Å². The van der Waals surface area contributed by atoms with E-state index in [1.807, 2.05) is 18.2 Å². The lowest BCUT2D eigenvalue weighted by atomic mass is 10.1. The molecule has 0 aromatic heterocycles. The van der Waals surface area contributed by atoms with Crippen LogP contribution in [0, 0.1) is 5.92 Å². The number of aliphatic hydroxyl groups is 1. The van der Waals surface area contributed by atoms with Crippen LogP contribution in [0.25, 0.3) is 0 Å². The van der Waals surface area contributed by atoms with E-state index in [0.717, 1.165) is 41.4 Å². The van der Waals surface area contributed by atoms with E-state index in [0.29, 0.717) is 0 Å². The highest BCUT2D eigenvalue weighted by molar-refractivity contribution is 9.10. The van der Waals surface area contributed by atoms with E-state index in [-0.39, 0.29) is 0 Å². The van der Waals surface area contributed by atoms with Crippen LogP contribution in [0.15, 0.2) is 22.7 Å². The summed E-state index contributed by atoms with van der Waals surface area (Å²) in [5, 5.41) is 9.60. The van der Waals surface area contributed by atoms with Crippen LogP contribution in [0.1, 0.15) is 31.4 Å². The molecule has 1 aliphatic rings. The number of hydrogen-bond acceptors (Lipinski definition) is 3. The smallest absolute Gasteiger partial charge is 0.0772 e. The first-order valence-electron chi connectivity index (χ1n) is 6.84. The Labute approximate surface area is 123 Å². The van der Waals surface area contributed by atoms with Crippen molar-refractivity contribution in [3.05, 3.63) is 28.2 Å². The van der Waals surface area contributed by atoms with Gasteiger partial charge in [0.1, 0.15) is 0 Å². The molecule has 106 valence electrons. The molecule has 1 aliphatic carbocycles. The van der Waals surface area contributed by atoms with Gasteiger partial charge in [-0.1, -0.05) is 22.0 Å². The van der Waals surface area contributed by atoms with Crippen LogP contribution in [-0.4, -0.2) is 31.9 Å². The van der Waals surface area contributed by atoms with Crippen molar-refractivity contribution >= 4 is 21.6 Å². The standard InChI is InChI=1S/C15H22BrNO2/c1-11(18)14-6-5-13(9-15(14)16)17(2)7-8-19-10-12-3-4-12/h5-6,9,11-12,18H,3-4,7-8,10H2,1-2H3/t11-/m0/s1. The molecule has 0 unspecified atom stereocenters. The van der Waals surface area contributed by atoms with Crippen molar-refractivity contribution in [1.29, 1.82) is 0 Å². The van der Waals surface area contributed by atoms with Crippen LogP contribution in [0.2, 0.25) is 0 Å². The number of nitrogens with zero attached hydrogens (tertiary/aromatic N) is 1. The molecule has 0 saturated heterocycles. The van der Waals surface area contributed by atoms with E-state index in [2.05, 4.69) is 27.9 Å². The zero-order valence-corrected chi connectivity index (χ0v) is 13.2. The summed E-state index contributed by atoms with van der Waals surface area (Å²) in [6.45, 7) is 4.34. The molecule has 1 saturated carbocycles. The predicted molar refractivity (Wildman–Crippen MR) is 81.6 cm³/mol. The van der Waals surface area contributed by atoms with Crippen LogP contribution in [-0.2, 0) is 4.74 Å². The fourth-order valence-electron chi connectivity index (χ4n) is 1.96. The minimum absolute atomic E-state index is 0.449. The molecular weight excluding hydrogens is 306 g/mol. The number of rotatable bonds is 7. The highest BCUT2D eigenvalue weighted by Gasteiger charge is 2.21. The quantitative estimate of drug-likeness (QED) is 0.779. The summed E-state index contributed by atoms with van der Waals surface area (Å²) in [6.07, 6.45) is 2.23. The Hall–Kier alpha value is -0.580. The Morgan fingerprint density at radius 1 is 1.47 bits per heavy atom. The number of likely N-dealkylation sites (N-methyl/N-ethyl adjacent to an activating group) is 1. The van der Waals surface area contributed by atoms with Gasteiger partial charge in [0.15, 0.2) is 0 Å². The number of ether oxygens (including phenoxy) is 1. The van der Waals surface area contributed by atoms with E-state index in [4.69, 9.17) is 4.74 Å². The average Bonchev–Trinajstić information content (AvgIpc) is 3.17. The van der Waals surface area contributed by atoms with Crippen LogP contribution >= 0.6 is 15.9 Å². The fraction of sp³-hybridized carbons (Fsp3) is 0.600. The molecule has 0 heterocycles. The number of halogens is 1. The Bertz CT molecular complexity index is 419.